The number of furan rings is 1. The Morgan fingerprint density at radius 2 is 1.95 bits per heavy atom. The third kappa shape index (κ3) is 5.10. The van der Waals surface area contributed by atoms with E-state index in [4.69, 9.17) is 18.9 Å². The van der Waals surface area contributed by atoms with Crippen LogP contribution in [0.3, 0.4) is 0 Å². The van der Waals surface area contributed by atoms with Crippen LogP contribution in [0.1, 0.15) is 57.6 Å². The summed E-state index contributed by atoms with van der Waals surface area (Å²) in [4.78, 5) is 7.57. The van der Waals surface area contributed by atoms with E-state index >= 15 is 0 Å². The molecule has 4 heterocycles. The number of likely N-dealkylation sites (tertiary alicyclic amines) is 1. The number of fused-ring (bicyclic) bond motifs is 1. The molecule has 3 aromatic rings. The van der Waals surface area contributed by atoms with Crippen LogP contribution in [0, 0.1) is 5.41 Å². The third-order valence-electron chi connectivity index (χ3n) is 9.03. The molecule has 7 heteroatoms. The summed E-state index contributed by atoms with van der Waals surface area (Å²) in [5, 5.41) is 8.55. The van der Waals surface area contributed by atoms with Crippen LogP contribution in [-0.2, 0) is 6.42 Å². The Labute approximate surface area is 226 Å². The van der Waals surface area contributed by atoms with E-state index in [1.54, 1.807) is 7.11 Å². The van der Waals surface area contributed by atoms with E-state index in [2.05, 4.69) is 34.6 Å². The Hall–Kier alpha value is -2.77. The first-order valence-electron chi connectivity index (χ1n) is 14.6. The second-order valence-corrected chi connectivity index (χ2v) is 11.3. The number of rotatable bonds is 10. The highest BCUT2D eigenvalue weighted by molar-refractivity contribution is 5.96. The molecule has 2 saturated heterocycles. The highest BCUT2D eigenvalue weighted by Gasteiger charge is 2.47. The maximum Gasteiger partial charge on any atom is 0.163 e. The second-order valence-electron chi connectivity index (χ2n) is 11.3. The minimum atomic E-state index is 0.392. The molecule has 204 valence electrons. The van der Waals surface area contributed by atoms with Crippen LogP contribution in [0.15, 0.2) is 34.7 Å². The minimum Gasteiger partial charge on any atom is -0.493 e. The van der Waals surface area contributed by atoms with Gasteiger partial charge in [0.05, 0.1) is 19.2 Å². The molecule has 1 saturated carbocycles. The first kappa shape index (κ1) is 25.5. The zero-order valence-corrected chi connectivity index (χ0v) is 23.0. The van der Waals surface area contributed by atoms with Crippen molar-refractivity contribution >= 4 is 16.6 Å². The Morgan fingerprint density at radius 1 is 1.11 bits per heavy atom. The summed E-state index contributed by atoms with van der Waals surface area (Å²) in [6.07, 6.45) is 9.48. The number of aromatic nitrogens is 1. The average molecular weight is 519 g/mol. The molecule has 0 bridgehead atoms. The van der Waals surface area contributed by atoms with Gasteiger partial charge in [-0.1, -0.05) is 6.92 Å². The van der Waals surface area contributed by atoms with Gasteiger partial charge in [-0.3, -0.25) is 0 Å². The molecule has 0 amide bonds. The first-order valence-corrected chi connectivity index (χ1v) is 14.6. The fourth-order valence-electron chi connectivity index (χ4n) is 6.57. The van der Waals surface area contributed by atoms with E-state index in [-0.39, 0.29) is 0 Å². The van der Waals surface area contributed by atoms with E-state index in [0.717, 1.165) is 77.8 Å². The van der Waals surface area contributed by atoms with Crippen molar-refractivity contribution in [1.29, 1.82) is 0 Å². The van der Waals surface area contributed by atoms with Gasteiger partial charge >= 0.3 is 0 Å². The monoisotopic (exact) mass is 518 g/mol. The van der Waals surface area contributed by atoms with Crippen LogP contribution < -0.4 is 20.1 Å². The Balaban J connectivity index is 1.31. The summed E-state index contributed by atoms with van der Waals surface area (Å²) in [5.74, 6) is 3.29. The van der Waals surface area contributed by atoms with Gasteiger partial charge in [-0.15, -0.1) is 0 Å². The normalized spacial score (nSPS) is 21.1. The van der Waals surface area contributed by atoms with Crippen molar-refractivity contribution in [3.05, 3.63) is 36.1 Å². The molecule has 38 heavy (non-hydrogen) atoms. The van der Waals surface area contributed by atoms with Crippen molar-refractivity contribution in [3.8, 4) is 23.0 Å². The first-order chi connectivity index (χ1) is 18.7. The maximum absolute atomic E-state index is 6.26. The van der Waals surface area contributed by atoms with Crippen molar-refractivity contribution in [2.24, 2.45) is 5.41 Å². The lowest BCUT2D eigenvalue weighted by Crippen LogP contribution is -2.54. The van der Waals surface area contributed by atoms with Gasteiger partial charge < -0.3 is 29.4 Å². The number of piperidine rings is 1. The molecule has 6 rings (SSSR count). The van der Waals surface area contributed by atoms with Gasteiger partial charge in [0.15, 0.2) is 17.3 Å². The van der Waals surface area contributed by atoms with Gasteiger partial charge in [-0.2, -0.15) is 0 Å². The number of hydrogen-bond donors (Lipinski definition) is 2. The third-order valence-corrected chi connectivity index (χ3v) is 9.03. The fourth-order valence-corrected chi connectivity index (χ4v) is 6.57. The number of nitrogens with zero attached hydrogens (tertiary/aromatic N) is 2. The van der Waals surface area contributed by atoms with Crippen molar-refractivity contribution in [2.75, 3.05) is 51.8 Å². The molecule has 1 spiro atoms. The summed E-state index contributed by atoms with van der Waals surface area (Å²) in [6, 6.07) is 10.9. The molecular formula is C31H42N4O3. The molecule has 3 fully saturated rings. The molecule has 0 radical (unpaired) electrons. The van der Waals surface area contributed by atoms with E-state index in [9.17, 15) is 0 Å². The van der Waals surface area contributed by atoms with Crippen molar-refractivity contribution in [1.82, 2.24) is 15.2 Å². The van der Waals surface area contributed by atoms with Gasteiger partial charge in [0.2, 0.25) is 0 Å². The van der Waals surface area contributed by atoms with Crippen LogP contribution in [0.2, 0.25) is 0 Å². The Kier molecular flexibility index (Phi) is 7.48. The average Bonchev–Trinajstić information content (AvgIpc) is 3.66. The van der Waals surface area contributed by atoms with Crippen LogP contribution in [-0.4, -0.2) is 62.4 Å². The zero-order valence-electron chi connectivity index (χ0n) is 23.0. The molecule has 1 atom stereocenters. The van der Waals surface area contributed by atoms with Crippen LogP contribution in [0.5, 0.6) is 11.5 Å². The molecular weight excluding hydrogens is 476 g/mol. The molecule has 1 aromatic carbocycles. The van der Waals surface area contributed by atoms with Gasteiger partial charge in [0.25, 0.3) is 0 Å². The van der Waals surface area contributed by atoms with Crippen LogP contribution in [0.25, 0.3) is 22.4 Å². The number of benzene rings is 1. The van der Waals surface area contributed by atoms with E-state index in [1.807, 2.05) is 18.2 Å². The predicted octanol–water partition coefficient (Wildman–Crippen LogP) is 5.87. The minimum absolute atomic E-state index is 0.392. The van der Waals surface area contributed by atoms with Crippen molar-refractivity contribution in [2.45, 2.75) is 64.3 Å². The lowest BCUT2D eigenvalue weighted by atomic mass is 9.59. The topological polar surface area (TPSA) is 71.8 Å². The molecule has 2 aliphatic heterocycles. The number of nitrogens with one attached hydrogen (secondary N) is 2. The number of hydrogen-bond acceptors (Lipinski definition) is 7. The summed E-state index contributed by atoms with van der Waals surface area (Å²) in [7, 11) is 1.72. The summed E-state index contributed by atoms with van der Waals surface area (Å²) in [5.41, 5.74) is 3.24. The largest absolute Gasteiger partial charge is 0.493 e. The van der Waals surface area contributed by atoms with Gasteiger partial charge in [0, 0.05) is 36.1 Å². The smallest absolute Gasteiger partial charge is 0.163 e. The number of ether oxygens (including phenoxy) is 2. The van der Waals surface area contributed by atoms with Crippen LogP contribution in [0.4, 0.5) is 5.69 Å². The second kappa shape index (κ2) is 11.1. The Bertz CT molecular complexity index is 1240. The summed E-state index contributed by atoms with van der Waals surface area (Å²) < 4.78 is 18.2. The highest BCUT2D eigenvalue weighted by Crippen LogP contribution is 2.50. The van der Waals surface area contributed by atoms with Gasteiger partial charge in [-0.05, 0) is 101 Å². The standard InChI is InChI=1S/C31H42N4O3/c1-3-22-7-8-27(38-22)26-20-24(34-30-9-10-31(30)11-13-32-14-12-31)23-19-28(36-2)29(21-25(23)33-26)37-18-6-17-35-15-4-5-16-35/h7-8,19-21,30,32H,3-6,9-18H2,1-2H3,(H,33,34). The van der Waals surface area contributed by atoms with Gasteiger partial charge in [0.1, 0.15) is 11.5 Å². The van der Waals surface area contributed by atoms with Gasteiger partial charge in [-0.25, -0.2) is 4.98 Å². The number of methoxy groups -OCH3 is 1. The molecule has 1 aliphatic carbocycles. The number of aryl methyl sites for hydroxylation is 1. The predicted molar refractivity (Wildman–Crippen MR) is 152 cm³/mol. The lowest BCUT2D eigenvalue weighted by molar-refractivity contribution is 0.0655. The molecule has 7 nitrogen and oxygen atoms in total. The van der Waals surface area contributed by atoms with Crippen molar-refractivity contribution < 1.29 is 13.9 Å². The molecule has 3 aliphatic rings. The van der Waals surface area contributed by atoms with Crippen molar-refractivity contribution in [3.63, 3.8) is 0 Å². The van der Waals surface area contributed by atoms with Crippen LogP contribution >= 0.6 is 0 Å². The maximum atomic E-state index is 6.26. The van der Waals surface area contributed by atoms with E-state index in [0.29, 0.717) is 18.1 Å². The SMILES string of the molecule is CCc1ccc(-c2cc(NC3CCC34CCNCC4)c3cc(OC)c(OCCCN4CCCC4)cc3n2)o1. The number of pyridine rings is 1. The van der Waals surface area contributed by atoms with E-state index < -0.39 is 0 Å². The molecule has 2 aromatic heterocycles. The summed E-state index contributed by atoms with van der Waals surface area (Å²) >= 11 is 0. The quantitative estimate of drug-likeness (QED) is 0.325. The fraction of sp³-hybridized carbons (Fsp3) is 0.581. The molecule has 2 N–H and O–H groups in total. The lowest BCUT2D eigenvalue weighted by Gasteiger charge is -2.53. The zero-order chi connectivity index (χ0) is 26.0. The highest BCUT2D eigenvalue weighted by atomic mass is 16.5. The summed E-state index contributed by atoms with van der Waals surface area (Å²) in [6.45, 7) is 8.51. The number of anilines is 1. The molecule has 1 unspecified atom stereocenters. The Morgan fingerprint density at radius 3 is 2.66 bits per heavy atom. The van der Waals surface area contributed by atoms with E-state index in [1.165, 1.54) is 51.6 Å².